The Labute approximate surface area is 155 Å². The SMILES string of the molecule is CCN1CCN(c2cc3c(cc2F)c(=O)c(OC(=O)O)cn3C2CC2)CC1. The first kappa shape index (κ1) is 17.8. The highest BCUT2D eigenvalue weighted by Crippen LogP contribution is 2.39. The van der Waals surface area contributed by atoms with Gasteiger partial charge < -0.3 is 24.2 Å². The molecule has 4 rings (SSSR count). The summed E-state index contributed by atoms with van der Waals surface area (Å²) < 4.78 is 21.3. The van der Waals surface area contributed by atoms with Crippen molar-refractivity contribution in [2.45, 2.75) is 25.8 Å². The van der Waals surface area contributed by atoms with Crippen LogP contribution in [0.25, 0.3) is 10.9 Å². The molecule has 1 aromatic heterocycles. The Morgan fingerprint density at radius 3 is 2.56 bits per heavy atom. The summed E-state index contributed by atoms with van der Waals surface area (Å²) in [6.45, 7) is 6.27. The third-order valence-corrected chi connectivity index (χ3v) is 5.37. The average Bonchev–Trinajstić information content (AvgIpc) is 3.49. The van der Waals surface area contributed by atoms with Gasteiger partial charge in [-0.15, -0.1) is 0 Å². The molecule has 0 unspecified atom stereocenters. The molecule has 2 fully saturated rings. The summed E-state index contributed by atoms with van der Waals surface area (Å²) in [5, 5.41) is 9.01. The van der Waals surface area contributed by atoms with Crippen molar-refractivity contribution in [3.05, 3.63) is 34.4 Å². The lowest BCUT2D eigenvalue weighted by atomic mass is 10.1. The van der Waals surface area contributed by atoms with Crippen LogP contribution >= 0.6 is 0 Å². The van der Waals surface area contributed by atoms with Gasteiger partial charge in [0.2, 0.25) is 5.43 Å². The second-order valence-corrected chi connectivity index (χ2v) is 7.07. The zero-order chi connectivity index (χ0) is 19.1. The van der Waals surface area contributed by atoms with Crippen molar-refractivity contribution < 1.29 is 19.0 Å². The van der Waals surface area contributed by atoms with Crippen molar-refractivity contribution in [3.8, 4) is 5.75 Å². The predicted octanol–water partition coefficient (Wildman–Crippen LogP) is 2.67. The molecule has 0 radical (unpaired) electrons. The van der Waals surface area contributed by atoms with Crippen molar-refractivity contribution in [1.82, 2.24) is 9.47 Å². The minimum atomic E-state index is -1.56. The molecule has 0 amide bonds. The van der Waals surface area contributed by atoms with E-state index in [1.165, 1.54) is 12.3 Å². The molecule has 0 atom stereocenters. The van der Waals surface area contributed by atoms with E-state index in [0.717, 1.165) is 45.6 Å². The van der Waals surface area contributed by atoms with E-state index >= 15 is 0 Å². The fraction of sp³-hybridized carbons (Fsp3) is 0.474. The maximum Gasteiger partial charge on any atom is 0.511 e. The van der Waals surface area contributed by atoms with Gasteiger partial charge in [-0.3, -0.25) is 4.79 Å². The topological polar surface area (TPSA) is 75.0 Å². The molecule has 7 nitrogen and oxygen atoms in total. The van der Waals surface area contributed by atoms with Crippen LogP contribution in [0.2, 0.25) is 0 Å². The molecule has 1 aromatic carbocycles. The lowest BCUT2D eigenvalue weighted by Crippen LogP contribution is -2.46. The van der Waals surface area contributed by atoms with Crippen LogP contribution in [0.1, 0.15) is 25.8 Å². The van der Waals surface area contributed by atoms with Gasteiger partial charge in [0, 0.05) is 32.2 Å². The van der Waals surface area contributed by atoms with Gasteiger partial charge in [-0.2, -0.15) is 0 Å². The van der Waals surface area contributed by atoms with E-state index in [2.05, 4.69) is 16.6 Å². The number of anilines is 1. The average molecular weight is 375 g/mol. The summed E-state index contributed by atoms with van der Waals surface area (Å²) in [7, 11) is 0. The summed E-state index contributed by atoms with van der Waals surface area (Å²) >= 11 is 0. The maximum absolute atomic E-state index is 14.8. The Morgan fingerprint density at radius 2 is 1.96 bits per heavy atom. The van der Waals surface area contributed by atoms with Crippen molar-refractivity contribution in [2.75, 3.05) is 37.6 Å². The lowest BCUT2D eigenvalue weighted by Gasteiger charge is -2.35. The number of aromatic nitrogens is 1. The Hall–Kier alpha value is -2.61. The van der Waals surface area contributed by atoms with Crippen LogP contribution in [0.5, 0.6) is 5.75 Å². The van der Waals surface area contributed by atoms with Crippen LogP contribution in [0.3, 0.4) is 0 Å². The number of hydrogen-bond donors (Lipinski definition) is 1. The number of ether oxygens (including phenoxy) is 1. The summed E-state index contributed by atoms with van der Waals surface area (Å²) in [5.41, 5.74) is 0.499. The Bertz CT molecular complexity index is 946. The number of nitrogens with zero attached hydrogens (tertiary/aromatic N) is 3. The summed E-state index contributed by atoms with van der Waals surface area (Å²) in [6.07, 6.45) is 1.76. The molecule has 1 aliphatic carbocycles. The van der Waals surface area contributed by atoms with Crippen molar-refractivity contribution >= 4 is 22.7 Å². The van der Waals surface area contributed by atoms with E-state index in [1.807, 2.05) is 9.47 Å². The zero-order valence-corrected chi connectivity index (χ0v) is 15.2. The number of likely N-dealkylation sites (N-methyl/N-ethyl adjacent to an activating group) is 1. The van der Waals surface area contributed by atoms with Crippen molar-refractivity contribution in [3.63, 3.8) is 0 Å². The quantitative estimate of drug-likeness (QED) is 0.828. The second-order valence-electron chi connectivity index (χ2n) is 7.07. The van der Waals surface area contributed by atoms with Crippen LogP contribution in [-0.4, -0.2) is 53.5 Å². The maximum atomic E-state index is 14.8. The minimum absolute atomic E-state index is 0.147. The van der Waals surface area contributed by atoms with Gasteiger partial charge in [0.05, 0.1) is 22.8 Å². The molecule has 144 valence electrons. The zero-order valence-electron chi connectivity index (χ0n) is 15.2. The highest BCUT2D eigenvalue weighted by atomic mass is 19.1. The van der Waals surface area contributed by atoms with Crippen LogP contribution in [0, 0.1) is 5.82 Å². The number of rotatable bonds is 4. The first-order chi connectivity index (χ1) is 13.0. The van der Waals surface area contributed by atoms with E-state index in [4.69, 9.17) is 5.11 Å². The molecule has 0 bridgehead atoms. The van der Waals surface area contributed by atoms with Gasteiger partial charge in [0.25, 0.3) is 0 Å². The number of piperazine rings is 1. The Morgan fingerprint density at radius 1 is 1.26 bits per heavy atom. The van der Waals surface area contributed by atoms with Gasteiger partial charge >= 0.3 is 6.16 Å². The molecule has 1 aliphatic heterocycles. The molecule has 0 spiro atoms. The summed E-state index contributed by atoms with van der Waals surface area (Å²) in [4.78, 5) is 27.8. The molecule has 2 aromatic rings. The fourth-order valence-corrected chi connectivity index (χ4v) is 3.70. The van der Waals surface area contributed by atoms with Crippen molar-refractivity contribution in [1.29, 1.82) is 0 Å². The number of halogens is 1. The van der Waals surface area contributed by atoms with E-state index < -0.39 is 17.4 Å². The smallest absolute Gasteiger partial charge is 0.449 e. The van der Waals surface area contributed by atoms with E-state index in [0.29, 0.717) is 11.2 Å². The molecular weight excluding hydrogens is 353 g/mol. The van der Waals surface area contributed by atoms with Gasteiger partial charge in [0.1, 0.15) is 5.82 Å². The summed E-state index contributed by atoms with van der Waals surface area (Å²) in [5.74, 6) is -0.759. The van der Waals surface area contributed by atoms with Crippen molar-refractivity contribution in [2.24, 2.45) is 0 Å². The number of fused-ring (bicyclic) bond motifs is 1. The van der Waals surface area contributed by atoms with Crippen LogP contribution in [0.15, 0.2) is 23.1 Å². The van der Waals surface area contributed by atoms with Crippen LogP contribution in [0.4, 0.5) is 14.9 Å². The highest BCUT2D eigenvalue weighted by molar-refractivity contribution is 5.85. The predicted molar refractivity (Wildman–Crippen MR) is 99.4 cm³/mol. The lowest BCUT2D eigenvalue weighted by molar-refractivity contribution is 0.143. The van der Waals surface area contributed by atoms with Gasteiger partial charge in [0.15, 0.2) is 5.75 Å². The highest BCUT2D eigenvalue weighted by Gasteiger charge is 2.28. The molecule has 2 aliphatic rings. The standard InChI is InChI=1S/C19H22FN3O4/c1-2-21-5-7-22(8-6-21)16-10-15-13(9-14(16)20)18(24)17(27-19(25)26)11-23(15)12-3-4-12/h9-12H,2-8H2,1H3,(H,25,26). The monoisotopic (exact) mass is 375 g/mol. The number of pyridine rings is 1. The largest absolute Gasteiger partial charge is 0.511 e. The van der Waals surface area contributed by atoms with E-state index in [1.54, 1.807) is 6.07 Å². The molecule has 1 N–H and O–H groups in total. The fourth-order valence-electron chi connectivity index (χ4n) is 3.70. The van der Waals surface area contributed by atoms with Gasteiger partial charge in [-0.25, -0.2) is 9.18 Å². The molecule has 2 heterocycles. The number of hydrogen-bond acceptors (Lipinski definition) is 5. The number of carbonyl (C=O) groups is 1. The summed E-state index contributed by atoms with van der Waals surface area (Å²) in [6, 6.07) is 3.11. The number of carboxylic acid groups (broad SMARTS) is 1. The first-order valence-corrected chi connectivity index (χ1v) is 9.24. The minimum Gasteiger partial charge on any atom is -0.449 e. The Balaban J connectivity index is 1.80. The third-order valence-electron chi connectivity index (χ3n) is 5.37. The number of benzene rings is 1. The molecule has 8 heteroatoms. The molecule has 27 heavy (non-hydrogen) atoms. The first-order valence-electron chi connectivity index (χ1n) is 9.24. The van der Waals surface area contributed by atoms with E-state index in [-0.39, 0.29) is 17.2 Å². The Kier molecular flexibility index (Phi) is 4.51. The van der Waals surface area contributed by atoms with E-state index in [9.17, 15) is 14.0 Å². The van der Waals surface area contributed by atoms with Crippen LogP contribution in [-0.2, 0) is 0 Å². The van der Waals surface area contributed by atoms with Gasteiger partial charge in [-0.05, 0) is 31.5 Å². The normalized spacial score (nSPS) is 18.1. The second kappa shape index (κ2) is 6.84. The van der Waals surface area contributed by atoms with Gasteiger partial charge in [-0.1, -0.05) is 6.92 Å². The molecule has 1 saturated heterocycles. The molecular formula is C19H22FN3O4. The third kappa shape index (κ3) is 3.37. The molecule has 1 saturated carbocycles. The van der Waals surface area contributed by atoms with Crippen LogP contribution < -0.4 is 15.1 Å².